The Morgan fingerprint density at radius 2 is 1.95 bits per heavy atom. The second-order valence-electron chi connectivity index (χ2n) is 4.98. The molecule has 0 atom stereocenters. The molecule has 106 valence electrons. The van der Waals surface area contributed by atoms with Crippen LogP contribution in [-0.4, -0.2) is 15.1 Å². The predicted octanol–water partition coefficient (Wildman–Crippen LogP) is 2.54. The third kappa shape index (κ3) is 3.25. The first-order valence-corrected chi connectivity index (χ1v) is 6.77. The van der Waals surface area contributed by atoms with Gasteiger partial charge in [0, 0.05) is 12.6 Å². The van der Waals surface area contributed by atoms with E-state index in [-0.39, 0.29) is 0 Å². The van der Waals surface area contributed by atoms with E-state index in [9.17, 15) is 0 Å². The lowest BCUT2D eigenvalue weighted by molar-refractivity contribution is 0.380. The summed E-state index contributed by atoms with van der Waals surface area (Å²) >= 11 is 0. The lowest BCUT2D eigenvalue weighted by Crippen LogP contribution is -1.95. The molecule has 0 fully saturated rings. The third-order valence-electron chi connectivity index (χ3n) is 3.32. The highest BCUT2D eigenvalue weighted by Crippen LogP contribution is 2.13. The van der Waals surface area contributed by atoms with Gasteiger partial charge in [-0.1, -0.05) is 35.5 Å². The smallest absolute Gasteiger partial charge is 0.231 e. The van der Waals surface area contributed by atoms with E-state index in [0.29, 0.717) is 30.4 Å². The van der Waals surface area contributed by atoms with Gasteiger partial charge in [-0.05, 0) is 29.7 Å². The fraction of sp³-hybridized carbons (Fsp3) is 0.188. The molecule has 0 aliphatic carbocycles. The fourth-order valence-electron chi connectivity index (χ4n) is 2.13. The average molecular weight is 280 g/mol. The molecule has 1 aromatic carbocycles. The molecule has 0 saturated carbocycles. The minimum absolute atomic E-state index is 0.504. The molecular weight excluding hydrogens is 264 g/mol. The summed E-state index contributed by atoms with van der Waals surface area (Å²) < 4.78 is 5.29. The number of aryl methyl sites for hydroxylation is 1. The van der Waals surface area contributed by atoms with Crippen molar-refractivity contribution in [3.8, 4) is 0 Å². The molecule has 3 rings (SSSR count). The summed E-state index contributed by atoms with van der Waals surface area (Å²) in [6.45, 7) is 2.08. The molecule has 5 heteroatoms. The van der Waals surface area contributed by atoms with Crippen molar-refractivity contribution in [3.05, 3.63) is 71.0 Å². The van der Waals surface area contributed by atoms with Crippen molar-refractivity contribution in [2.75, 3.05) is 5.73 Å². The lowest BCUT2D eigenvalue weighted by atomic mass is 10.1. The normalized spacial score (nSPS) is 10.7. The molecule has 5 nitrogen and oxygen atoms in total. The van der Waals surface area contributed by atoms with Gasteiger partial charge in [-0.25, -0.2) is 4.98 Å². The Morgan fingerprint density at radius 1 is 1.10 bits per heavy atom. The number of nitrogens with two attached hydrogens (primary N) is 1. The van der Waals surface area contributed by atoms with Gasteiger partial charge in [0.05, 0.1) is 6.42 Å². The van der Waals surface area contributed by atoms with Crippen LogP contribution in [0.3, 0.4) is 0 Å². The van der Waals surface area contributed by atoms with Crippen LogP contribution in [0, 0.1) is 6.92 Å². The molecule has 2 N–H and O–H groups in total. The molecule has 2 aromatic heterocycles. The molecule has 0 aliphatic rings. The van der Waals surface area contributed by atoms with Crippen molar-refractivity contribution < 1.29 is 4.52 Å². The van der Waals surface area contributed by atoms with E-state index in [4.69, 9.17) is 10.3 Å². The summed E-state index contributed by atoms with van der Waals surface area (Å²) in [5.41, 5.74) is 8.99. The third-order valence-corrected chi connectivity index (χ3v) is 3.32. The maximum Gasteiger partial charge on any atom is 0.231 e. The second kappa shape index (κ2) is 5.75. The Balaban J connectivity index is 1.72. The van der Waals surface area contributed by atoms with Gasteiger partial charge in [-0.3, -0.25) is 0 Å². The van der Waals surface area contributed by atoms with Crippen LogP contribution in [0.2, 0.25) is 0 Å². The summed E-state index contributed by atoms with van der Waals surface area (Å²) in [5.74, 6) is 1.79. The van der Waals surface area contributed by atoms with E-state index in [1.165, 1.54) is 11.1 Å². The van der Waals surface area contributed by atoms with Crippen LogP contribution in [0.4, 0.5) is 5.82 Å². The van der Waals surface area contributed by atoms with Gasteiger partial charge in [-0.2, -0.15) is 4.98 Å². The van der Waals surface area contributed by atoms with E-state index in [1.807, 2.05) is 18.2 Å². The van der Waals surface area contributed by atoms with Crippen molar-refractivity contribution in [3.63, 3.8) is 0 Å². The minimum Gasteiger partial charge on any atom is -0.384 e. The fourth-order valence-corrected chi connectivity index (χ4v) is 2.13. The maximum atomic E-state index is 5.56. The standard InChI is InChI=1S/C16H16N4O/c1-11-4-2-3-5-13(11)9-15-19-16(21-20-15)8-12-6-7-14(17)18-10-12/h2-7,10H,8-9H2,1H3,(H2,17,18). The Labute approximate surface area is 122 Å². The summed E-state index contributed by atoms with van der Waals surface area (Å²) in [6.07, 6.45) is 2.96. The molecule has 0 radical (unpaired) electrons. The van der Waals surface area contributed by atoms with E-state index < -0.39 is 0 Å². The molecule has 2 heterocycles. The maximum absolute atomic E-state index is 5.56. The molecule has 3 aromatic rings. The number of anilines is 1. The minimum atomic E-state index is 0.504. The van der Waals surface area contributed by atoms with E-state index in [0.717, 1.165) is 5.56 Å². The Morgan fingerprint density at radius 3 is 2.71 bits per heavy atom. The Kier molecular flexibility index (Phi) is 3.64. The summed E-state index contributed by atoms with van der Waals surface area (Å²) in [6, 6.07) is 11.9. The lowest BCUT2D eigenvalue weighted by Gasteiger charge is -2.00. The quantitative estimate of drug-likeness (QED) is 0.794. The van der Waals surface area contributed by atoms with Gasteiger partial charge in [0.1, 0.15) is 5.82 Å². The van der Waals surface area contributed by atoms with Crippen molar-refractivity contribution in [1.29, 1.82) is 0 Å². The number of hydrogen-bond donors (Lipinski definition) is 1. The van der Waals surface area contributed by atoms with Gasteiger partial charge in [0.2, 0.25) is 5.89 Å². The van der Waals surface area contributed by atoms with Crippen LogP contribution >= 0.6 is 0 Å². The predicted molar refractivity (Wildman–Crippen MR) is 79.7 cm³/mol. The number of nitrogen functional groups attached to an aromatic ring is 1. The number of rotatable bonds is 4. The molecule has 0 bridgehead atoms. The topological polar surface area (TPSA) is 77.8 Å². The van der Waals surface area contributed by atoms with Crippen molar-refractivity contribution in [2.45, 2.75) is 19.8 Å². The first kappa shape index (κ1) is 13.3. The number of nitrogens with zero attached hydrogens (tertiary/aromatic N) is 3. The number of hydrogen-bond acceptors (Lipinski definition) is 5. The van der Waals surface area contributed by atoms with Gasteiger partial charge < -0.3 is 10.3 Å². The van der Waals surface area contributed by atoms with E-state index >= 15 is 0 Å². The van der Waals surface area contributed by atoms with Crippen LogP contribution in [0.1, 0.15) is 28.4 Å². The number of aromatic nitrogens is 3. The van der Waals surface area contributed by atoms with Crippen LogP contribution in [-0.2, 0) is 12.8 Å². The van der Waals surface area contributed by atoms with Gasteiger partial charge in [0.15, 0.2) is 5.82 Å². The monoisotopic (exact) mass is 280 g/mol. The molecular formula is C16H16N4O. The number of benzene rings is 1. The Bertz CT molecular complexity index is 734. The molecule has 0 unspecified atom stereocenters. The second-order valence-corrected chi connectivity index (χ2v) is 4.98. The largest absolute Gasteiger partial charge is 0.384 e. The molecule has 0 amide bonds. The molecule has 0 saturated heterocycles. The van der Waals surface area contributed by atoms with Gasteiger partial charge in [-0.15, -0.1) is 0 Å². The summed E-state index contributed by atoms with van der Waals surface area (Å²) in [7, 11) is 0. The molecule has 0 aliphatic heterocycles. The highest BCUT2D eigenvalue weighted by molar-refractivity contribution is 5.30. The summed E-state index contributed by atoms with van der Waals surface area (Å²) in [5, 5.41) is 4.04. The first-order chi connectivity index (χ1) is 10.2. The van der Waals surface area contributed by atoms with Crippen LogP contribution in [0.5, 0.6) is 0 Å². The SMILES string of the molecule is Cc1ccccc1Cc1noc(Cc2ccc(N)nc2)n1. The van der Waals surface area contributed by atoms with Crippen LogP contribution in [0.15, 0.2) is 47.1 Å². The van der Waals surface area contributed by atoms with E-state index in [2.05, 4.69) is 34.2 Å². The van der Waals surface area contributed by atoms with Crippen LogP contribution in [0.25, 0.3) is 0 Å². The van der Waals surface area contributed by atoms with E-state index in [1.54, 1.807) is 12.3 Å². The Hall–Kier alpha value is -2.69. The van der Waals surface area contributed by atoms with Gasteiger partial charge >= 0.3 is 0 Å². The average Bonchev–Trinajstić information content (AvgIpc) is 2.91. The van der Waals surface area contributed by atoms with Gasteiger partial charge in [0.25, 0.3) is 0 Å². The van der Waals surface area contributed by atoms with Crippen molar-refractivity contribution in [2.24, 2.45) is 0 Å². The zero-order chi connectivity index (χ0) is 14.7. The first-order valence-electron chi connectivity index (χ1n) is 6.77. The highest BCUT2D eigenvalue weighted by Gasteiger charge is 2.09. The molecule has 0 spiro atoms. The summed E-state index contributed by atoms with van der Waals surface area (Å²) in [4.78, 5) is 8.48. The number of pyridine rings is 1. The highest BCUT2D eigenvalue weighted by atomic mass is 16.5. The van der Waals surface area contributed by atoms with Crippen molar-refractivity contribution >= 4 is 5.82 Å². The molecule has 21 heavy (non-hydrogen) atoms. The van der Waals surface area contributed by atoms with Crippen molar-refractivity contribution in [1.82, 2.24) is 15.1 Å². The zero-order valence-corrected chi connectivity index (χ0v) is 11.8. The zero-order valence-electron chi connectivity index (χ0n) is 11.8. The van der Waals surface area contributed by atoms with Crippen LogP contribution < -0.4 is 5.73 Å².